The van der Waals surface area contributed by atoms with Crippen molar-refractivity contribution in [3.63, 3.8) is 0 Å². The highest BCUT2D eigenvalue weighted by atomic mass is 16.2. The molecule has 0 aromatic rings. The molecule has 2 amide bonds. The largest absolute Gasteiger partial charge is 0.342 e. The predicted octanol–water partition coefficient (Wildman–Crippen LogP) is 2.57. The first-order valence-corrected chi connectivity index (χ1v) is 7.53. The van der Waals surface area contributed by atoms with Crippen LogP contribution in [0.3, 0.4) is 0 Å². The number of carbonyl (C=O) groups is 2. The summed E-state index contributed by atoms with van der Waals surface area (Å²) in [5.74, 6) is 0.0227. The zero-order valence-electron chi connectivity index (χ0n) is 14.2. The number of hydrogen-bond donors (Lipinski definition) is 1. The van der Waals surface area contributed by atoms with Crippen molar-refractivity contribution in [1.82, 2.24) is 10.2 Å². The molecular weight excluding hydrogens is 252 g/mol. The van der Waals surface area contributed by atoms with Gasteiger partial charge in [-0.05, 0) is 24.2 Å². The molecule has 1 rings (SSSR count). The normalized spacial score (nSPS) is 26.5. The van der Waals surface area contributed by atoms with Crippen LogP contribution in [0.25, 0.3) is 0 Å². The van der Waals surface area contributed by atoms with Crippen molar-refractivity contribution < 1.29 is 9.59 Å². The summed E-state index contributed by atoms with van der Waals surface area (Å²) >= 11 is 0. The van der Waals surface area contributed by atoms with E-state index in [0.717, 1.165) is 0 Å². The Kier molecular flexibility index (Phi) is 4.57. The summed E-state index contributed by atoms with van der Waals surface area (Å²) in [5.41, 5.74) is -0.329. The molecule has 4 nitrogen and oxygen atoms in total. The average Bonchev–Trinajstić information content (AvgIpc) is 2.27. The van der Waals surface area contributed by atoms with E-state index in [4.69, 9.17) is 0 Å². The SMILES string of the molecule is CCC1C(=O)NC(C(C)(C)C)C(=O)N1C(C)C(C)(C)C. The van der Waals surface area contributed by atoms with Gasteiger partial charge in [-0.15, -0.1) is 0 Å². The number of nitrogens with zero attached hydrogens (tertiary/aromatic N) is 1. The Morgan fingerprint density at radius 1 is 1.15 bits per heavy atom. The summed E-state index contributed by atoms with van der Waals surface area (Å²) in [5, 5.41) is 2.91. The maximum Gasteiger partial charge on any atom is 0.246 e. The van der Waals surface area contributed by atoms with E-state index in [9.17, 15) is 9.59 Å². The van der Waals surface area contributed by atoms with Crippen molar-refractivity contribution >= 4 is 11.8 Å². The smallest absolute Gasteiger partial charge is 0.246 e. The van der Waals surface area contributed by atoms with Gasteiger partial charge in [0.25, 0.3) is 0 Å². The van der Waals surface area contributed by atoms with Gasteiger partial charge in [-0.1, -0.05) is 48.5 Å². The quantitative estimate of drug-likeness (QED) is 0.846. The highest BCUT2D eigenvalue weighted by Gasteiger charge is 2.47. The van der Waals surface area contributed by atoms with Gasteiger partial charge in [0.1, 0.15) is 12.1 Å². The van der Waals surface area contributed by atoms with Crippen LogP contribution in [0, 0.1) is 10.8 Å². The van der Waals surface area contributed by atoms with E-state index in [2.05, 4.69) is 26.1 Å². The van der Waals surface area contributed by atoms with Crippen LogP contribution in [0.5, 0.6) is 0 Å². The van der Waals surface area contributed by atoms with Gasteiger partial charge in [-0.2, -0.15) is 0 Å². The van der Waals surface area contributed by atoms with Gasteiger partial charge in [0.15, 0.2) is 0 Å². The summed E-state index contributed by atoms with van der Waals surface area (Å²) in [6.45, 7) is 16.3. The van der Waals surface area contributed by atoms with Gasteiger partial charge in [-0.3, -0.25) is 9.59 Å². The highest BCUT2D eigenvalue weighted by molar-refractivity contribution is 5.97. The first kappa shape index (κ1) is 17.0. The Balaban J connectivity index is 3.20. The molecule has 0 aliphatic carbocycles. The molecule has 4 heteroatoms. The maximum atomic E-state index is 12.9. The summed E-state index contributed by atoms with van der Waals surface area (Å²) in [6, 6.07) is -0.770. The molecule has 0 aromatic carbocycles. The standard InChI is InChI=1S/C16H30N2O2/c1-9-11-13(19)17-12(16(6,7)8)14(20)18(11)10(2)15(3,4)5/h10-12H,9H2,1-8H3,(H,17,19). The van der Waals surface area contributed by atoms with Crippen LogP contribution >= 0.6 is 0 Å². The first-order valence-electron chi connectivity index (χ1n) is 7.53. The van der Waals surface area contributed by atoms with E-state index < -0.39 is 6.04 Å². The molecule has 20 heavy (non-hydrogen) atoms. The molecule has 1 saturated heterocycles. The van der Waals surface area contributed by atoms with E-state index >= 15 is 0 Å². The van der Waals surface area contributed by atoms with Crippen molar-refractivity contribution in [2.45, 2.75) is 79.9 Å². The molecule has 0 aromatic heterocycles. The zero-order valence-corrected chi connectivity index (χ0v) is 14.2. The van der Waals surface area contributed by atoms with E-state index in [1.54, 1.807) is 0 Å². The zero-order chi connectivity index (χ0) is 15.9. The molecule has 3 unspecified atom stereocenters. The van der Waals surface area contributed by atoms with Gasteiger partial charge < -0.3 is 10.2 Å². The van der Waals surface area contributed by atoms with Crippen LogP contribution in [0.15, 0.2) is 0 Å². The number of amides is 2. The third kappa shape index (κ3) is 3.15. The summed E-state index contributed by atoms with van der Waals surface area (Å²) < 4.78 is 0. The molecule has 116 valence electrons. The van der Waals surface area contributed by atoms with Crippen LogP contribution in [0.2, 0.25) is 0 Å². The Morgan fingerprint density at radius 2 is 1.65 bits per heavy atom. The molecule has 0 bridgehead atoms. The Hall–Kier alpha value is -1.06. The fraction of sp³-hybridized carbons (Fsp3) is 0.875. The van der Waals surface area contributed by atoms with Gasteiger partial charge in [0, 0.05) is 6.04 Å². The number of hydrogen-bond acceptors (Lipinski definition) is 2. The molecule has 3 atom stereocenters. The number of nitrogens with one attached hydrogen (secondary N) is 1. The van der Waals surface area contributed by atoms with Gasteiger partial charge >= 0.3 is 0 Å². The molecule has 1 aliphatic heterocycles. The molecule has 1 aliphatic rings. The minimum Gasteiger partial charge on any atom is -0.342 e. The second-order valence-corrected chi connectivity index (χ2v) is 8.02. The van der Waals surface area contributed by atoms with Gasteiger partial charge in [0.2, 0.25) is 11.8 Å². The van der Waals surface area contributed by atoms with Crippen LogP contribution in [-0.2, 0) is 9.59 Å². The van der Waals surface area contributed by atoms with Crippen molar-refractivity contribution in [3.8, 4) is 0 Å². The lowest BCUT2D eigenvalue weighted by Gasteiger charge is -2.48. The summed E-state index contributed by atoms with van der Waals surface area (Å²) in [7, 11) is 0. The molecular formula is C16H30N2O2. The van der Waals surface area contributed by atoms with Crippen LogP contribution < -0.4 is 5.32 Å². The third-order valence-electron chi connectivity index (χ3n) is 4.35. The molecule has 0 spiro atoms. The molecule has 1 heterocycles. The Labute approximate surface area is 123 Å². The van der Waals surface area contributed by atoms with E-state index in [0.29, 0.717) is 6.42 Å². The lowest BCUT2D eigenvalue weighted by atomic mass is 9.80. The minimum absolute atomic E-state index is 0.0239. The first-order chi connectivity index (χ1) is 8.91. The highest BCUT2D eigenvalue weighted by Crippen LogP contribution is 2.32. The van der Waals surface area contributed by atoms with Crippen molar-refractivity contribution in [3.05, 3.63) is 0 Å². The van der Waals surface area contributed by atoms with Gasteiger partial charge in [-0.25, -0.2) is 0 Å². The summed E-state index contributed by atoms with van der Waals surface area (Å²) in [6.07, 6.45) is 0.648. The van der Waals surface area contributed by atoms with Gasteiger partial charge in [0.05, 0.1) is 0 Å². The monoisotopic (exact) mass is 282 g/mol. The lowest BCUT2D eigenvalue weighted by molar-refractivity contribution is -0.157. The Bertz CT molecular complexity index is 390. The van der Waals surface area contributed by atoms with Crippen LogP contribution in [0.1, 0.15) is 61.8 Å². The fourth-order valence-electron chi connectivity index (χ4n) is 2.58. The lowest BCUT2D eigenvalue weighted by Crippen LogP contribution is -2.69. The maximum absolute atomic E-state index is 12.9. The van der Waals surface area contributed by atoms with E-state index in [1.807, 2.05) is 39.5 Å². The Morgan fingerprint density at radius 3 is 2.00 bits per heavy atom. The molecule has 1 fully saturated rings. The molecule has 1 N–H and O–H groups in total. The van der Waals surface area contributed by atoms with Crippen molar-refractivity contribution in [2.24, 2.45) is 10.8 Å². The number of piperazine rings is 1. The average molecular weight is 282 g/mol. The van der Waals surface area contributed by atoms with Crippen molar-refractivity contribution in [1.29, 1.82) is 0 Å². The summed E-state index contributed by atoms with van der Waals surface area (Å²) in [4.78, 5) is 27.1. The fourth-order valence-corrected chi connectivity index (χ4v) is 2.58. The van der Waals surface area contributed by atoms with Crippen LogP contribution in [-0.4, -0.2) is 34.8 Å². The predicted molar refractivity (Wildman–Crippen MR) is 81.2 cm³/mol. The van der Waals surface area contributed by atoms with Crippen molar-refractivity contribution in [2.75, 3.05) is 0 Å². The third-order valence-corrected chi connectivity index (χ3v) is 4.35. The molecule has 0 radical (unpaired) electrons. The second kappa shape index (κ2) is 5.38. The number of rotatable bonds is 2. The van der Waals surface area contributed by atoms with Crippen LogP contribution in [0.4, 0.5) is 0 Å². The number of carbonyl (C=O) groups excluding carboxylic acids is 2. The van der Waals surface area contributed by atoms with E-state index in [1.165, 1.54) is 0 Å². The van der Waals surface area contributed by atoms with E-state index in [-0.39, 0.29) is 34.7 Å². The second-order valence-electron chi connectivity index (χ2n) is 8.02. The topological polar surface area (TPSA) is 49.4 Å². The minimum atomic E-state index is -0.442. The molecule has 0 saturated carbocycles.